The predicted octanol–water partition coefficient (Wildman–Crippen LogP) is 7.19. The van der Waals surface area contributed by atoms with E-state index >= 15 is 0 Å². The van der Waals surface area contributed by atoms with Gasteiger partial charge in [0.1, 0.15) is 11.5 Å². The topological polar surface area (TPSA) is 63.6 Å². The molecule has 0 aromatic heterocycles. The lowest BCUT2D eigenvalue weighted by Crippen LogP contribution is -1.98. The summed E-state index contributed by atoms with van der Waals surface area (Å²) in [7, 11) is -4.23. The average Bonchev–Trinajstić information content (AvgIpc) is 2.70. The molecule has 0 radical (unpaired) electrons. The molecule has 2 rings (SSSR count). The maximum Gasteiger partial charge on any atom is 0.294 e. The van der Waals surface area contributed by atoms with Crippen LogP contribution in [0.4, 0.5) is 0 Å². The van der Waals surface area contributed by atoms with Crippen LogP contribution in [0.5, 0.6) is 11.5 Å². The summed E-state index contributed by atoms with van der Waals surface area (Å²) in [4.78, 5) is -0.174. The molecule has 160 valence electrons. The van der Waals surface area contributed by atoms with Gasteiger partial charge in [0.05, 0.1) is 4.90 Å². The van der Waals surface area contributed by atoms with Crippen LogP contribution in [0.15, 0.2) is 53.4 Å². The minimum Gasteiger partial charge on any atom is -0.457 e. The van der Waals surface area contributed by atoms with Gasteiger partial charge in [0.2, 0.25) is 0 Å². The van der Waals surface area contributed by atoms with E-state index in [4.69, 9.17) is 9.29 Å². The lowest BCUT2D eigenvalue weighted by Gasteiger charge is -2.08. The van der Waals surface area contributed by atoms with Crippen molar-refractivity contribution in [3.8, 4) is 11.5 Å². The van der Waals surface area contributed by atoms with Gasteiger partial charge >= 0.3 is 0 Å². The molecule has 0 saturated heterocycles. The quantitative estimate of drug-likeness (QED) is 0.260. The number of hydrogen-bond acceptors (Lipinski definition) is 3. The molecular weight excluding hydrogens is 384 g/mol. The van der Waals surface area contributed by atoms with E-state index < -0.39 is 10.1 Å². The van der Waals surface area contributed by atoms with E-state index in [9.17, 15) is 8.42 Å². The summed E-state index contributed by atoms with van der Waals surface area (Å²) >= 11 is 0. The van der Waals surface area contributed by atoms with Crippen molar-refractivity contribution in [2.45, 2.75) is 82.4 Å². The first kappa shape index (κ1) is 23.4. The van der Waals surface area contributed by atoms with Crippen LogP contribution in [0.2, 0.25) is 0 Å². The molecule has 0 aliphatic rings. The van der Waals surface area contributed by atoms with Gasteiger partial charge in [0, 0.05) is 6.07 Å². The molecule has 2 aromatic carbocycles. The van der Waals surface area contributed by atoms with E-state index in [-0.39, 0.29) is 4.90 Å². The van der Waals surface area contributed by atoms with Gasteiger partial charge in [0.25, 0.3) is 10.1 Å². The second-order valence-electron chi connectivity index (χ2n) is 7.63. The minimum absolute atomic E-state index is 0.174. The van der Waals surface area contributed by atoms with E-state index in [0.29, 0.717) is 11.5 Å². The van der Waals surface area contributed by atoms with Crippen molar-refractivity contribution in [2.24, 2.45) is 0 Å². The van der Waals surface area contributed by atoms with Crippen LogP contribution in [-0.2, 0) is 16.5 Å². The zero-order chi connectivity index (χ0) is 21.0. The highest BCUT2D eigenvalue weighted by Gasteiger charge is 2.10. The summed E-state index contributed by atoms with van der Waals surface area (Å²) in [6.45, 7) is 2.26. The number of aryl methyl sites for hydroxylation is 1. The number of ether oxygens (including phenoxy) is 1. The summed E-state index contributed by atoms with van der Waals surface area (Å²) in [6.07, 6.45) is 14.4. The van der Waals surface area contributed by atoms with Crippen LogP contribution >= 0.6 is 0 Å². The van der Waals surface area contributed by atoms with E-state index in [1.807, 2.05) is 12.1 Å². The molecule has 0 amide bonds. The zero-order valence-corrected chi connectivity index (χ0v) is 18.3. The lowest BCUT2D eigenvalue weighted by molar-refractivity contribution is 0.471. The molecular formula is C24H34O4S. The minimum atomic E-state index is -4.23. The van der Waals surface area contributed by atoms with Crippen LogP contribution in [0.3, 0.4) is 0 Å². The molecule has 0 heterocycles. The van der Waals surface area contributed by atoms with Crippen molar-refractivity contribution >= 4 is 10.1 Å². The van der Waals surface area contributed by atoms with Gasteiger partial charge in [-0.2, -0.15) is 8.42 Å². The summed E-state index contributed by atoms with van der Waals surface area (Å²) in [5.41, 5.74) is 1.28. The van der Waals surface area contributed by atoms with E-state index in [1.54, 1.807) is 6.07 Å². The molecule has 0 atom stereocenters. The van der Waals surface area contributed by atoms with Crippen LogP contribution in [-0.4, -0.2) is 13.0 Å². The third-order valence-corrected chi connectivity index (χ3v) is 5.93. The number of rotatable bonds is 14. The Morgan fingerprint density at radius 3 is 1.93 bits per heavy atom. The van der Waals surface area contributed by atoms with Crippen LogP contribution in [0.1, 0.15) is 76.7 Å². The fraction of sp³-hybridized carbons (Fsp3) is 0.500. The lowest BCUT2D eigenvalue weighted by atomic mass is 10.0. The molecule has 2 aromatic rings. The fourth-order valence-corrected chi connectivity index (χ4v) is 3.89. The molecule has 0 aliphatic heterocycles. The molecule has 5 heteroatoms. The van der Waals surface area contributed by atoms with Gasteiger partial charge in [-0.3, -0.25) is 4.55 Å². The van der Waals surface area contributed by atoms with Gasteiger partial charge < -0.3 is 4.74 Å². The Bertz CT molecular complexity index is 813. The number of unbranched alkanes of at least 4 members (excludes halogenated alkanes) is 9. The Labute approximate surface area is 176 Å². The number of benzene rings is 2. The van der Waals surface area contributed by atoms with Crippen molar-refractivity contribution < 1.29 is 17.7 Å². The fourth-order valence-electron chi connectivity index (χ4n) is 3.37. The average molecular weight is 419 g/mol. The molecule has 0 saturated carbocycles. The van der Waals surface area contributed by atoms with Gasteiger partial charge in [-0.1, -0.05) is 82.9 Å². The van der Waals surface area contributed by atoms with E-state index in [0.717, 1.165) is 6.42 Å². The van der Waals surface area contributed by atoms with Gasteiger partial charge in [-0.05, 0) is 42.7 Å². The van der Waals surface area contributed by atoms with Crippen LogP contribution in [0.25, 0.3) is 0 Å². The first-order valence-corrected chi connectivity index (χ1v) is 12.3. The second-order valence-corrected chi connectivity index (χ2v) is 9.05. The molecule has 4 nitrogen and oxygen atoms in total. The summed E-state index contributed by atoms with van der Waals surface area (Å²) in [5, 5.41) is 0. The molecule has 0 unspecified atom stereocenters. The third-order valence-electron chi connectivity index (χ3n) is 5.08. The molecule has 1 N–H and O–H groups in total. The van der Waals surface area contributed by atoms with E-state index in [2.05, 4.69) is 19.1 Å². The summed E-state index contributed by atoms with van der Waals surface area (Å²) in [5.74, 6) is 1.02. The molecule has 0 bridgehead atoms. The summed E-state index contributed by atoms with van der Waals surface area (Å²) < 4.78 is 37.3. The Balaban J connectivity index is 1.66. The molecule has 29 heavy (non-hydrogen) atoms. The van der Waals surface area contributed by atoms with Gasteiger partial charge in [-0.15, -0.1) is 0 Å². The summed E-state index contributed by atoms with van der Waals surface area (Å²) in [6, 6.07) is 13.7. The first-order valence-electron chi connectivity index (χ1n) is 10.8. The van der Waals surface area contributed by atoms with Crippen LogP contribution in [0, 0.1) is 0 Å². The van der Waals surface area contributed by atoms with Crippen molar-refractivity contribution in [2.75, 3.05) is 0 Å². The van der Waals surface area contributed by atoms with Crippen LogP contribution < -0.4 is 4.74 Å². The molecule has 0 spiro atoms. The maximum atomic E-state index is 11.2. The zero-order valence-electron chi connectivity index (χ0n) is 17.5. The highest BCUT2D eigenvalue weighted by molar-refractivity contribution is 7.85. The van der Waals surface area contributed by atoms with E-state index in [1.165, 1.54) is 88.0 Å². The molecule has 0 fully saturated rings. The Morgan fingerprint density at radius 2 is 1.34 bits per heavy atom. The highest BCUT2D eigenvalue weighted by atomic mass is 32.2. The van der Waals surface area contributed by atoms with Gasteiger partial charge in [0.15, 0.2) is 0 Å². The first-order chi connectivity index (χ1) is 14.0. The van der Waals surface area contributed by atoms with Gasteiger partial charge in [-0.25, -0.2) is 0 Å². The van der Waals surface area contributed by atoms with Crippen molar-refractivity contribution in [3.05, 3.63) is 54.1 Å². The SMILES string of the molecule is CCCCCCCCCCCCc1ccc(Oc2cccc(S(=O)(=O)O)c2)cc1. The van der Waals surface area contributed by atoms with Crippen molar-refractivity contribution in [1.29, 1.82) is 0 Å². The molecule has 0 aliphatic carbocycles. The highest BCUT2D eigenvalue weighted by Crippen LogP contribution is 2.24. The monoisotopic (exact) mass is 418 g/mol. The Hall–Kier alpha value is -1.85. The predicted molar refractivity (Wildman–Crippen MR) is 118 cm³/mol. The Kier molecular flexibility index (Phi) is 10.2. The number of hydrogen-bond donors (Lipinski definition) is 1. The smallest absolute Gasteiger partial charge is 0.294 e. The maximum absolute atomic E-state index is 11.2. The Morgan fingerprint density at radius 1 is 0.759 bits per heavy atom. The largest absolute Gasteiger partial charge is 0.457 e. The second kappa shape index (κ2) is 12.7. The van der Waals surface area contributed by atoms with Crippen molar-refractivity contribution in [3.63, 3.8) is 0 Å². The third kappa shape index (κ3) is 9.46. The normalized spacial score (nSPS) is 11.5. The van der Waals surface area contributed by atoms with Crippen molar-refractivity contribution in [1.82, 2.24) is 0 Å². The standard InChI is InChI=1S/C24H34O4S/c1-2-3-4-5-6-7-8-9-10-11-13-21-16-18-22(19-17-21)28-23-14-12-15-24(20-23)29(25,26)27/h12,14-20H,2-11,13H2,1H3,(H,25,26,27).